The van der Waals surface area contributed by atoms with E-state index >= 15 is 0 Å². The van der Waals surface area contributed by atoms with Gasteiger partial charge in [-0.1, -0.05) is 42.5 Å². The highest BCUT2D eigenvalue weighted by Crippen LogP contribution is 2.27. The van der Waals surface area contributed by atoms with Crippen molar-refractivity contribution in [3.05, 3.63) is 95.6 Å². The SMILES string of the molecule is COc1ccc(CN2C(=O)COC[C@@H]2[C@H](O)c2ccc(NC(=O)c3ccccc3)cc2)cc1. The zero-order valence-electron chi connectivity index (χ0n) is 18.3. The maximum absolute atomic E-state index is 12.6. The van der Waals surface area contributed by atoms with Crippen LogP contribution in [-0.2, 0) is 16.1 Å². The van der Waals surface area contributed by atoms with Crippen molar-refractivity contribution in [2.24, 2.45) is 0 Å². The largest absolute Gasteiger partial charge is 0.497 e. The van der Waals surface area contributed by atoms with Crippen LogP contribution in [0.3, 0.4) is 0 Å². The second-order valence-electron chi connectivity index (χ2n) is 7.84. The monoisotopic (exact) mass is 446 g/mol. The first-order valence-electron chi connectivity index (χ1n) is 10.7. The smallest absolute Gasteiger partial charge is 0.255 e. The highest BCUT2D eigenvalue weighted by molar-refractivity contribution is 6.04. The number of nitrogens with zero attached hydrogens (tertiary/aromatic N) is 1. The second kappa shape index (κ2) is 10.3. The van der Waals surface area contributed by atoms with E-state index in [1.54, 1.807) is 60.5 Å². The van der Waals surface area contributed by atoms with Crippen LogP contribution in [0, 0.1) is 0 Å². The minimum atomic E-state index is -0.939. The number of hydrogen-bond donors (Lipinski definition) is 2. The number of aliphatic hydroxyl groups excluding tert-OH is 1. The van der Waals surface area contributed by atoms with Gasteiger partial charge in [-0.3, -0.25) is 9.59 Å². The lowest BCUT2D eigenvalue weighted by molar-refractivity contribution is -0.155. The van der Waals surface area contributed by atoms with Crippen LogP contribution in [0.4, 0.5) is 5.69 Å². The Morgan fingerprint density at radius 3 is 2.45 bits per heavy atom. The Bertz CT molecular complexity index is 1080. The molecule has 0 saturated carbocycles. The van der Waals surface area contributed by atoms with Gasteiger partial charge in [-0.05, 0) is 47.5 Å². The van der Waals surface area contributed by atoms with E-state index in [1.165, 1.54) is 0 Å². The van der Waals surface area contributed by atoms with Gasteiger partial charge in [0.1, 0.15) is 18.5 Å². The molecule has 1 aliphatic rings. The topological polar surface area (TPSA) is 88.1 Å². The average Bonchev–Trinajstić information content (AvgIpc) is 2.86. The molecular weight excluding hydrogens is 420 g/mol. The summed E-state index contributed by atoms with van der Waals surface area (Å²) in [5.41, 5.74) is 2.75. The number of hydrogen-bond acceptors (Lipinski definition) is 5. The van der Waals surface area contributed by atoms with Crippen LogP contribution in [0.15, 0.2) is 78.9 Å². The van der Waals surface area contributed by atoms with Crippen LogP contribution in [-0.4, -0.2) is 48.2 Å². The summed E-state index contributed by atoms with van der Waals surface area (Å²) in [6.45, 7) is 0.582. The van der Waals surface area contributed by atoms with E-state index in [2.05, 4.69) is 5.32 Å². The lowest BCUT2D eigenvalue weighted by Crippen LogP contribution is -2.51. The Balaban J connectivity index is 1.46. The first-order chi connectivity index (χ1) is 16.0. The third-order valence-corrected chi connectivity index (χ3v) is 5.66. The molecule has 3 aromatic carbocycles. The number of anilines is 1. The minimum absolute atomic E-state index is 0.0101. The quantitative estimate of drug-likeness (QED) is 0.581. The number of aliphatic hydroxyl groups is 1. The molecule has 0 radical (unpaired) electrons. The molecule has 33 heavy (non-hydrogen) atoms. The van der Waals surface area contributed by atoms with Crippen molar-refractivity contribution in [2.45, 2.75) is 18.7 Å². The lowest BCUT2D eigenvalue weighted by Gasteiger charge is -2.38. The van der Waals surface area contributed by atoms with Gasteiger partial charge in [0.25, 0.3) is 5.91 Å². The predicted molar refractivity (Wildman–Crippen MR) is 124 cm³/mol. The second-order valence-corrected chi connectivity index (χ2v) is 7.84. The van der Waals surface area contributed by atoms with E-state index in [0.717, 1.165) is 11.3 Å². The number of methoxy groups -OCH3 is 1. The Labute approximate surface area is 192 Å². The molecule has 1 saturated heterocycles. The number of morpholine rings is 1. The minimum Gasteiger partial charge on any atom is -0.497 e. The predicted octanol–water partition coefficient (Wildman–Crippen LogP) is 3.41. The fourth-order valence-corrected chi connectivity index (χ4v) is 3.80. The number of carbonyl (C=O) groups excluding carboxylic acids is 2. The van der Waals surface area contributed by atoms with Crippen molar-refractivity contribution in [2.75, 3.05) is 25.6 Å². The molecule has 0 aromatic heterocycles. The van der Waals surface area contributed by atoms with Crippen molar-refractivity contribution in [1.82, 2.24) is 4.90 Å². The Morgan fingerprint density at radius 1 is 1.09 bits per heavy atom. The van der Waals surface area contributed by atoms with Gasteiger partial charge in [0.2, 0.25) is 5.91 Å². The van der Waals surface area contributed by atoms with Crippen LogP contribution in [0.25, 0.3) is 0 Å². The van der Waals surface area contributed by atoms with Crippen molar-refractivity contribution in [3.8, 4) is 5.75 Å². The number of carbonyl (C=O) groups is 2. The molecule has 7 heteroatoms. The molecule has 0 aliphatic carbocycles. The van der Waals surface area contributed by atoms with Gasteiger partial charge >= 0.3 is 0 Å². The number of ether oxygens (including phenoxy) is 2. The van der Waals surface area contributed by atoms with Crippen LogP contribution >= 0.6 is 0 Å². The molecule has 170 valence electrons. The van der Waals surface area contributed by atoms with Crippen LogP contribution in [0.2, 0.25) is 0 Å². The van der Waals surface area contributed by atoms with Crippen LogP contribution in [0.1, 0.15) is 27.6 Å². The molecule has 0 unspecified atom stereocenters. The standard InChI is InChI=1S/C26H26N2O5/c1-32-22-13-7-18(8-14-22)15-28-23(16-33-17-24(28)29)25(30)19-9-11-21(12-10-19)27-26(31)20-5-3-2-4-6-20/h2-14,23,25,30H,15-17H2,1H3,(H,27,31)/t23-,25-/m1/s1. The summed E-state index contributed by atoms with van der Waals surface area (Å²) in [6, 6.07) is 22.9. The normalized spacial score (nSPS) is 16.8. The first kappa shape index (κ1) is 22.5. The summed E-state index contributed by atoms with van der Waals surface area (Å²) < 4.78 is 10.6. The number of amides is 2. The molecule has 2 N–H and O–H groups in total. The lowest BCUT2D eigenvalue weighted by atomic mass is 9.99. The van der Waals surface area contributed by atoms with E-state index < -0.39 is 12.1 Å². The van der Waals surface area contributed by atoms with Gasteiger partial charge in [-0.15, -0.1) is 0 Å². The summed E-state index contributed by atoms with van der Waals surface area (Å²) in [5, 5.41) is 13.9. The van der Waals surface area contributed by atoms with Gasteiger partial charge in [0.05, 0.1) is 19.8 Å². The van der Waals surface area contributed by atoms with Gasteiger partial charge in [-0.25, -0.2) is 0 Å². The Hall–Kier alpha value is -3.68. The fourth-order valence-electron chi connectivity index (χ4n) is 3.80. The molecule has 7 nitrogen and oxygen atoms in total. The van der Waals surface area contributed by atoms with E-state index in [1.807, 2.05) is 30.3 Å². The van der Waals surface area contributed by atoms with Crippen LogP contribution < -0.4 is 10.1 Å². The summed E-state index contributed by atoms with van der Waals surface area (Å²) in [7, 11) is 1.60. The van der Waals surface area contributed by atoms with Gasteiger partial charge in [-0.2, -0.15) is 0 Å². The maximum Gasteiger partial charge on any atom is 0.255 e. The summed E-state index contributed by atoms with van der Waals surface area (Å²) in [5.74, 6) is 0.358. The molecule has 0 bridgehead atoms. The summed E-state index contributed by atoms with van der Waals surface area (Å²) >= 11 is 0. The van der Waals surface area contributed by atoms with Gasteiger partial charge in [0, 0.05) is 17.8 Å². The number of benzene rings is 3. The molecule has 4 rings (SSSR count). The molecule has 1 fully saturated rings. The van der Waals surface area contributed by atoms with E-state index in [4.69, 9.17) is 9.47 Å². The first-order valence-corrected chi connectivity index (χ1v) is 10.7. The Morgan fingerprint density at radius 2 is 1.79 bits per heavy atom. The highest BCUT2D eigenvalue weighted by Gasteiger charge is 2.34. The average molecular weight is 447 g/mol. The zero-order chi connectivity index (χ0) is 23.2. The molecule has 3 aromatic rings. The van der Waals surface area contributed by atoms with Gasteiger partial charge in [0.15, 0.2) is 0 Å². The van der Waals surface area contributed by atoms with Crippen molar-refractivity contribution >= 4 is 17.5 Å². The maximum atomic E-state index is 12.6. The molecular formula is C26H26N2O5. The van der Waals surface area contributed by atoms with Gasteiger partial charge < -0.3 is 24.8 Å². The number of nitrogens with one attached hydrogen (secondary N) is 1. The molecule has 1 heterocycles. The van der Waals surface area contributed by atoms with E-state index in [0.29, 0.717) is 23.4 Å². The van der Waals surface area contributed by atoms with E-state index in [-0.39, 0.29) is 25.0 Å². The third-order valence-electron chi connectivity index (χ3n) is 5.66. The third kappa shape index (κ3) is 5.39. The highest BCUT2D eigenvalue weighted by atomic mass is 16.5. The zero-order valence-corrected chi connectivity index (χ0v) is 18.3. The van der Waals surface area contributed by atoms with E-state index in [9.17, 15) is 14.7 Å². The van der Waals surface area contributed by atoms with Crippen molar-refractivity contribution in [1.29, 1.82) is 0 Å². The summed E-state index contributed by atoms with van der Waals surface area (Å²) in [4.78, 5) is 26.6. The van der Waals surface area contributed by atoms with Crippen molar-refractivity contribution < 1.29 is 24.2 Å². The number of rotatable bonds is 7. The molecule has 1 aliphatic heterocycles. The summed E-state index contributed by atoms with van der Waals surface area (Å²) in [6.07, 6.45) is -0.939. The van der Waals surface area contributed by atoms with Crippen LogP contribution in [0.5, 0.6) is 5.75 Å². The Kier molecular flexibility index (Phi) is 7.02. The molecule has 2 amide bonds. The fraction of sp³-hybridized carbons (Fsp3) is 0.231. The molecule has 0 spiro atoms. The van der Waals surface area contributed by atoms with Crippen molar-refractivity contribution in [3.63, 3.8) is 0 Å². The molecule has 2 atom stereocenters.